The van der Waals surface area contributed by atoms with Crippen LogP contribution in [0, 0.1) is 6.92 Å². The predicted octanol–water partition coefficient (Wildman–Crippen LogP) is 12.9. The van der Waals surface area contributed by atoms with Crippen LogP contribution in [-0.4, -0.2) is 18.7 Å². The maximum Gasteiger partial charge on any atom is 0.191 e. The highest BCUT2D eigenvalue weighted by molar-refractivity contribution is 6.11. The van der Waals surface area contributed by atoms with E-state index in [-0.39, 0.29) is 0 Å². The first-order valence-electron chi connectivity index (χ1n) is 20.0. The second kappa shape index (κ2) is 13.3. The number of nitrogens with zero attached hydrogens (tertiary/aromatic N) is 5. The van der Waals surface area contributed by atoms with Crippen molar-refractivity contribution in [3.05, 3.63) is 200 Å². The van der Waals surface area contributed by atoms with Gasteiger partial charge < -0.3 is 4.90 Å². The molecule has 10 rings (SSSR count). The summed E-state index contributed by atoms with van der Waals surface area (Å²) in [7, 11) is 0. The zero-order valence-electron chi connectivity index (χ0n) is 33.2. The summed E-state index contributed by atoms with van der Waals surface area (Å²) in [5.41, 5.74) is 12.7. The second-order valence-electron chi connectivity index (χ2n) is 13.9. The molecular weight excluding hydrogens is 671 g/mol. The number of aryl methyl sites for hydroxylation is 2. The molecule has 0 N–H and O–H groups in total. The van der Waals surface area contributed by atoms with Crippen LogP contribution in [-0.2, 0) is 6.98 Å². The van der Waals surface area contributed by atoms with Crippen LogP contribution in [0.2, 0.25) is 0 Å². The number of para-hydroxylation sites is 4. The van der Waals surface area contributed by atoms with Crippen LogP contribution in [0.15, 0.2) is 195 Å². The van der Waals surface area contributed by atoms with Crippen molar-refractivity contribution in [2.24, 2.45) is 6.98 Å². The van der Waals surface area contributed by atoms with E-state index >= 15 is 0 Å². The number of hydrogen-bond donors (Lipinski definition) is 0. The first kappa shape index (κ1) is 29.2. The summed E-state index contributed by atoms with van der Waals surface area (Å²) < 4.78 is 30.6. The van der Waals surface area contributed by atoms with Gasteiger partial charge in [-0.2, -0.15) is 4.57 Å². The van der Waals surface area contributed by atoms with E-state index in [4.69, 9.17) is 9.10 Å². The highest BCUT2D eigenvalue weighted by Crippen LogP contribution is 2.48. The number of fused-ring (bicyclic) bond motifs is 4. The van der Waals surface area contributed by atoms with Crippen molar-refractivity contribution in [1.82, 2.24) is 18.7 Å². The normalized spacial score (nSPS) is 12.5. The van der Waals surface area contributed by atoms with E-state index in [2.05, 4.69) is 144 Å². The average Bonchev–Trinajstić information content (AvgIpc) is 3.81. The van der Waals surface area contributed by atoms with Crippen LogP contribution in [0.3, 0.4) is 0 Å². The molecule has 0 aliphatic heterocycles. The van der Waals surface area contributed by atoms with E-state index in [9.17, 15) is 0 Å². The number of aromatic nitrogens is 4. The Kier molecular flexibility index (Phi) is 7.08. The average molecular weight is 712 g/mol. The maximum atomic E-state index is 8.34. The standard InChI is InChI=1S/C50H38N5/c1-35-29-30-51-49(31-35)55-45-24-10-9-21-43(45)44-28-27-40(33-48(44)55)54(39-20-13-19-38(32-39)53-34-52(2)46-25-11-12-26-47(46)53)50-41(36-15-5-3-6-16-36)22-14-23-42(50)37-17-7-4-8-18-37/h3-34H,1-2H3/q+1/i2D3. The van der Waals surface area contributed by atoms with Crippen molar-refractivity contribution in [3.8, 4) is 33.8 Å². The molecule has 5 heteroatoms. The van der Waals surface area contributed by atoms with Gasteiger partial charge in [0.05, 0.1) is 22.4 Å². The third-order valence-electron chi connectivity index (χ3n) is 10.5. The SMILES string of the molecule is [2H]C([2H])([2H])n1[cH+]n(-c2cccc(N(c3ccc4c5ccccc5n(-c5cc(C)ccn5)c4c3)c3c(-c4ccccc4)cccc3-c3ccccc3)c2)c2ccccc21. The Labute approximate surface area is 324 Å². The predicted molar refractivity (Wildman–Crippen MR) is 229 cm³/mol. The summed E-state index contributed by atoms with van der Waals surface area (Å²) >= 11 is 0. The quantitative estimate of drug-likeness (QED) is 0.154. The minimum atomic E-state index is -2.35. The molecule has 10 aromatic rings. The molecule has 3 heterocycles. The van der Waals surface area contributed by atoms with Gasteiger partial charge in [0.15, 0.2) is 17.4 Å². The molecule has 0 atom stereocenters. The Morgan fingerprint density at radius 2 is 1.18 bits per heavy atom. The molecule has 0 amide bonds. The summed E-state index contributed by atoms with van der Waals surface area (Å²) in [4.78, 5) is 7.22. The molecule has 0 fully saturated rings. The van der Waals surface area contributed by atoms with Gasteiger partial charge in [-0.15, -0.1) is 0 Å². The Morgan fingerprint density at radius 1 is 0.545 bits per heavy atom. The molecule has 0 aliphatic rings. The van der Waals surface area contributed by atoms with Gasteiger partial charge in [-0.25, -0.2) is 9.55 Å². The molecule has 5 nitrogen and oxygen atoms in total. The van der Waals surface area contributed by atoms with Crippen LogP contribution in [0.4, 0.5) is 17.1 Å². The smallest absolute Gasteiger partial charge is 0.191 e. The van der Waals surface area contributed by atoms with E-state index in [1.165, 1.54) is 4.57 Å². The van der Waals surface area contributed by atoms with Crippen LogP contribution in [0.1, 0.15) is 9.68 Å². The Morgan fingerprint density at radius 3 is 1.91 bits per heavy atom. The van der Waals surface area contributed by atoms with Crippen molar-refractivity contribution >= 4 is 49.9 Å². The van der Waals surface area contributed by atoms with Gasteiger partial charge in [-0.1, -0.05) is 103 Å². The molecule has 7 aromatic carbocycles. The Hall–Kier alpha value is -7.24. The number of benzene rings is 7. The van der Waals surface area contributed by atoms with E-state index in [1.807, 2.05) is 65.4 Å². The number of pyridine rings is 1. The fourth-order valence-electron chi connectivity index (χ4n) is 7.98. The Bertz CT molecular complexity index is 3070. The van der Waals surface area contributed by atoms with Gasteiger partial charge >= 0.3 is 0 Å². The molecular formula is C50H38N5+. The molecule has 0 saturated carbocycles. The van der Waals surface area contributed by atoms with Gasteiger partial charge in [0.2, 0.25) is 0 Å². The largest absolute Gasteiger partial charge is 0.308 e. The number of anilines is 3. The van der Waals surface area contributed by atoms with Gasteiger partial charge in [-0.05, 0) is 78.2 Å². The highest BCUT2D eigenvalue weighted by atomic mass is 15.2. The van der Waals surface area contributed by atoms with E-state index in [0.29, 0.717) is 5.52 Å². The summed E-state index contributed by atoms with van der Waals surface area (Å²) in [5.74, 6) is 0.855. The molecule has 0 saturated heterocycles. The molecule has 0 unspecified atom stereocenters. The maximum absolute atomic E-state index is 8.34. The first-order chi connectivity index (χ1) is 28.3. The third-order valence-corrected chi connectivity index (χ3v) is 10.5. The Balaban J connectivity index is 1.29. The molecule has 0 bridgehead atoms. The number of imidazole rings is 1. The van der Waals surface area contributed by atoms with Gasteiger partial charge in [-0.3, -0.25) is 4.57 Å². The highest BCUT2D eigenvalue weighted by Gasteiger charge is 2.25. The van der Waals surface area contributed by atoms with Crippen LogP contribution >= 0.6 is 0 Å². The second-order valence-corrected chi connectivity index (χ2v) is 13.9. The number of rotatable bonds is 7. The lowest BCUT2D eigenvalue weighted by Gasteiger charge is -2.30. The van der Waals surface area contributed by atoms with Gasteiger partial charge in [0.1, 0.15) is 11.5 Å². The van der Waals surface area contributed by atoms with Gasteiger partial charge in [0.25, 0.3) is 0 Å². The minimum absolute atomic E-state index is 0.633. The van der Waals surface area contributed by atoms with E-state index in [1.54, 1.807) is 6.33 Å². The van der Waals surface area contributed by atoms with Crippen molar-refractivity contribution < 1.29 is 4.11 Å². The monoisotopic (exact) mass is 711 g/mol. The van der Waals surface area contributed by atoms with Gasteiger partial charge in [0, 0.05) is 69.1 Å². The van der Waals surface area contributed by atoms with Crippen LogP contribution in [0.25, 0.3) is 66.6 Å². The minimum Gasteiger partial charge on any atom is -0.308 e. The van der Waals surface area contributed by atoms with E-state index in [0.717, 1.165) is 83.7 Å². The summed E-state index contributed by atoms with van der Waals surface area (Å²) in [6, 6.07) is 62.9. The first-order valence-corrected chi connectivity index (χ1v) is 18.5. The fourth-order valence-corrected chi connectivity index (χ4v) is 7.98. The summed E-state index contributed by atoms with van der Waals surface area (Å²) in [6.45, 7) is -0.258. The molecule has 262 valence electrons. The third kappa shape index (κ3) is 5.56. The van der Waals surface area contributed by atoms with Crippen molar-refractivity contribution in [2.45, 2.75) is 6.92 Å². The lowest BCUT2D eigenvalue weighted by Crippen LogP contribution is -2.13. The topological polar surface area (TPSA) is 30.9 Å². The molecule has 0 spiro atoms. The van der Waals surface area contributed by atoms with Crippen LogP contribution < -0.4 is 4.90 Å². The molecule has 0 aliphatic carbocycles. The fraction of sp³-hybridized carbons (Fsp3) is 0.0400. The van der Waals surface area contributed by atoms with E-state index < -0.39 is 6.98 Å². The van der Waals surface area contributed by atoms with Crippen molar-refractivity contribution in [2.75, 3.05) is 4.90 Å². The lowest BCUT2D eigenvalue weighted by atomic mass is 9.94. The zero-order valence-corrected chi connectivity index (χ0v) is 30.2. The molecule has 0 radical (unpaired) electrons. The molecule has 3 aromatic heterocycles. The number of hydrogen-bond acceptors (Lipinski definition) is 2. The zero-order chi connectivity index (χ0) is 39.4. The van der Waals surface area contributed by atoms with Crippen molar-refractivity contribution in [1.29, 1.82) is 0 Å². The lowest BCUT2D eigenvalue weighted by molar-refractivity contribution is 0.911. The summed E-state index contributed by atoms with van der Waals surface area (Å²) in [6.07, 6.45) is 3.56. The van der Waals surface area contributed by atoms with Crippen molar-refractivity contribution in [3.63, 3.8) is 0 Å². The summed E-state index contributed by atoms with van der Waals surface area (Å²) in [5, 5.41) is 2.28. The van der Waals surface area contributed by atoms with Crippen LogP contribution in [0.5, 0.6) is 0 Å². The molecule has 55 heavy (non-hydrogen) atoms.